The summed E-state index contributed by atoms with van der Waals surface area (Å²) >= 11 is 0. The highest BCUT2D eigenvalue weighted by molar-refractivity contribution is 5.74. The predicted molar refractivity (Wildman–Crippen MR) is 81.5 cm³/mol. The van der Waals surface area contributed by atoms with E-state index in [1.165, 1.54) is 0 Å². The number of amides is 2. The molecule has 5 nitrogen and oxygen atoms in total. The van der Waals surface area contributed by atoms with Crippen molar-refractivity contribution in [3.63, 3.8) is 0 Å². The van der Waals surface area contributed by atoms with E-state index in [2.05, 4.69) is 43.4 Å². The van der Waals surface area contributed by atoms with Gasteiger partial charge in [0.1, 0.15) is 0 Å². The van der Waals surface area contributed by atoms with Gasteiger partial charge in [-0.2, -0.15) is 5.10 Å². The third-order valence-electron chi connectivity index (χ3n) is 3.45. The van der Waals surface area contributed by atoms with Crippen LogP contribution >= 0.6 is 0 Å². The summed E-state index contributed by atoms with van der Waals surface area (Å²) in [5, 5.41) is 10.2. The lowest BCUT2D eigenvalue weighted by molar-refractivity contribution is 0.235. The van der Waals surface area contributed by atoms with Gasteiger partial charge in [-0.3, -0.25) is 4.68 Å². The molecule has 0 radical (unpaired) electrons. The first-order chi connectivity index (χ1) is 9.42. The summed E-state index contributed by atoms with van der Waals surface area (Å²) in [5.74, 6) is 0.632. The van der Waals surface area contributed by atoms with Gasteiger partial charge in [0, 0.05) is 18.3 Å². The largest absolute Gasteiger partial charge is 0.336 e. The van der Waals surface area contributed by atoms with Crippen LogP contribution in [0.25, 0.3) is 0 Å². The Morgan fingerprint density at radius 1 is 1.35 bits per heavy atom. The summed E-state index contributed by atoms with van der Waals surface area (Å²) in [6.45, 7) is 11.0. The molecular weight excluding hydrogens is 252 g/mol. The van der Waals surface area contributed by atoms with Crippen molar-refractivity contribution >= 4 is 6.03 Å². The lowest BCUT2D eigenvalue weighted by atomic mass is 10.0. The van der Waals surface area contributed by atoms with Crippen LogP contribution in [-0.2, 0) is 6.54 Å². The Hall–Kier alpha value is -1.52. The number of hydrogen-bond acceptors (Lipinski definition) is 2. The molecule has 0 aliphatic carbocycles. The minimum Gasteiger partial charge on any atom is -0.336 e. The maximum absolute atomic E-state index is 11.8. The Labute approximate surface area is 122 Å². The van der Waals surface area contributed by atoms with Crippen LogP contribution in [0.15, 0.2) is 12.3 Å². The number of nitrogens with one attached hydrogen (secondary N) is 2. The Bertz CT molecular complexity index is 414. The minimum absolute atomic E-state index is 0.125. The highest BCUT2D eigenvalue weighted by Crippen LogP contribution is 2.09. The third kappa shape index (κ3) is 5.63. The highest BCUT2D eigenvalue weighted by atomic mass is 16.2. The van der Waals surface area contributed by atoms with Crippen molar-refractivity contribution in [1.82, 2.24) is 20.4 Å². The van der Waals surface area contributed by atoms with Crippen LogP contribution in [0.3, 0.4) is 0 Å². The van der Waals surface area contributed by atoms with Gasteiger partial charge in [-0.15, -0.1) is 0 Å². The van der Waals surface area contributed by atoms with Crippen LogP contribution in [0, 0.1) is 5.92 Å². The van der Waals surface area contributed by atoms with Crippen LogP contribution in [0.4, 0.5) is 4.79 Å². The fraction of sp³-hybridized carbons (Fsp3) is 0.733. The van der Waals surface area contributed by atoms with E-state index in [0.29, 0.717) is 18.5 Å². The molecule has 1 heterocycles. The summed E-state index contributed by atoms with van der Waals surface area (Å²) in [5.41, 5.74) is 0.878. The van der Waals surface area contributed by atoms with Gasteiger partial charge in [-0.25, -0.2) is 4.79 Å². The van der Waals surface area contributed by atoms with Crippen molar-refractivity contribution < 1.29 is 4.79 Å². The number of rotatable bonds is 7. The number of carbonyl (C=O) groups excluding carboxylic acids is 1. The summed E-state index contributed by atoms with van der Waals surface area (Å²) in [6.07, 6.45) is 4.08. The summed E-state index contributed by atoms with van der Waals surface area (Å²) < 4.78 is 1.89. The van der Waals surface area contributed by atoms with E-state index in [1.807, 2.05) is 23.9 Å². The summed E-state index contributed by atoms with van der Waals surface area (Å²) in [4.78, 5) is 11.8. The SMILES string of the molecule is CC[C@@H](C)C[C@@H](C)NC(=O)NCc1ccn(C(C)C)n1. The highest BCUT2D eigenvalue weighted by Gasteiger charge is 2.10. The molecule has 1 aromatic heterocycles. The zero-order valence-corrected chi connectivity index (χ0v) is 13.3. The number of aromatic nitrogens is 2. The van der Waals surface area contributed by atoms with E-state index >= 15 is 0 Å². The predicted octanol–water partition coefficient (Wildman–Crippen LogP) is 3.09. The molecule has 0 aliphatic heterocycles. The van der Waals surface area contributed by atoms with Gasteiger partial charge in [0.2, 0.25) is 0 Å². The molecule has 2 N–H and O–H groups in total. The van der Waals surface area contributed by atoms with Gasteiger partial charge in [0.15, 0.2) is 0 Å². The lowest BCUT2D eigenvalue weighted by Crippen LogP contribution is -2.41. The second-order valence-corrected chi connectivity index (χ2v) is 5.86. The Balaban J connectivity index is 2.31. The van der Waals surface area contributed by atoms with Crippen LogP contribution in [0.2, 0.25) is 0 Å². The number of nitrogens with zero attached hydrogens (tertiary/aromatic N) is 2. The molecule has 114 valence electrons. The standard InChI is InChI=1S/C15H28N4O/c1-6-12(4)9-13(5)17-15(20)16-10-14-7-8-19(18-14)11(2)3/h7-8,11-13H,6,9-10H2,1-5H3,(H2,16,17,20)/t12-,13-/m1/s1. The van der Waals surface area contributed by atoms with Crippen LogP contribution in [0.5, 0.6) is 0 Å². The van der Waals surface area contributed by atoms with E-state index in [-0.39, 0.29) is 12.1 Å². The van der Waals surface area contributed by atoms with Gasteiger partial charge >= 0.3 is 6.03 Å². The van der Waals surface area contributed by atoms with E-state index in [0.717, 1.165) is 18.5 Å². The Morgan fingerprint density at radius 2 is 2.05 bits per heavy atom. The van der Waals surface area contributed by atoms with Crippen molar-refractivity contribution in [2.24, 2.45) is 5.92 Å². The van der Waals surface area contributed by atoms with Gasteiger partial charge in [-0.05, 0) is 39.2 Å². The Morgan fingerprint density at radius 3 is 2.60 bits per heavy atom. The first kappa shape index (κ1) is 16.5. The average Bonchev–Trinajstić information content (AvgIpc) is 2.85. The second kappa shape index (κ2) is 7.92. The molecule has 2 amide bonds. The molecule has 0 spiro atoms. The normalized spacial score (nSPS) is 14.1. The molecule has 0 bridgehead atoms. The van der Waals surface area contributed by atoms with Crippen LogP contribution < -0.4 is 10.6 Å². The molecule has 0 saturated heterocycles. The molecule has 1 rings (SSSR count). The van der Waals surface area contributed by atoms with Crippen molar-refractivity contribution in [3.8, 4) is 0 Å². The molecule has 20 heavy (non-hydrogen) atoms. The third-order valence-corrected chi connectivity index (χ3v) is 3.45. The maximum Gasteiger partial charge on any atom is 0.315 e. The average molecular weight is 280 g/mol. The van der Waals surface area contributed by atoms with Gasteiger partial charge in [0.25, 0.3) is 0 Å². The van der Waals surface area contributed by atoms with Crippen LogP contribution in [0.1, 0.15) is 59.2 Å². The molecule has 1 aromatic rings. The van der Waals surface area contributed by atoms with Gasteiger partial charge in [0.05, 0.1) is 12.2 Å². The van der Waals surface area contributed by atoms with Crippen molar-refractivity contribution in [1.29, 1.82) is 0 Å². The topological polar surface area (TPSA) is 59.0 Å². The van der Waals surface area contributed by atoms with Gasteiger partial charge < -0.3 is 10.6 Å². The molecule has 5 heteroatoms. The number of carbonyl (C=O) groups is 1. The van der Waals surface area contributed by atoms with E-state index in [9.17, 15) is 4.79 Å². The summed E-state index contributed by atoms with van der Waals surface area (Å²) in [7, 11) is 0. The summed E-state index contributed by atoms with van der Waals surface area (Å²) in [6, 6.07) is 2.34. The lowest BCUT2D eigenvalue weighted by Gasteiger charge is -2.17. The smallest absolute Gasteiger partial charge is 0.315 e. The van der Waals surface area contributed by atoms with Crippen molar-refractivity contribution in [3.05, 3.63) is 18.0 Å². The molecule has 0 aromatic carbocycles. The zero-order valence-electron chi connectivity index (χ0n) is 13.3. The molecular formula is C15H28N4O. The van der Waals surface area contributed by atoms with Crippen LogP contribution in [-0.4, -0.2) is 21.9 Å². The molecule has 0 aliphatic rings. The second-order valence-electron chi connectivity index (χ2n) is 5.86. The zero-order chi connectivity index (χ0) is 15.1. The van der Waals surface area contributed by atoms with Crippen molar-refractivity contribution in [2.75, 3.05) is 0 Å². The number of urea groups is 1. The minimum atomic E-state index is -0.125. The van der Waals surface area contributed by atoms with Crippen molar-refractivity contribution in [2.45, 2.75) is 66.1 Å². The monoisotopic (exact) mass is 280 g/mol. The molecule has 0 fully saturated rings. The maximum atomic E-state index is 11.8. The Kier molecular flexibility index (Phi) is 6.55. The molecule has 0 unspecified atom stereocenters. The van der Waals surface area contributed by atoms with E-state index in [1.54, 1.807) is 0 Å². The van der Waals surface area contributed by atoms with E-state index in [4.69, 9.17) is 0 Å². The first-order valence-corrected chi connectivity index (χ1v) is 7.50. The fourth-order valence-corrected chi connectivity index (χ4v) is 2.03. The molecule has 0 saturated carbocycles. The number of hydrogen-bond donors (Lipinski definition) is 2. The van der Waals surface area contributed by atoms with E-state index < -0.39 is 0 Å². The quantitative estimate of drug-likeness (QED) is 0.806. The fourth-order valence-electron chi connectivity index (χ4n) is 2.03. The first-order valence-electron chi connectivity index (χ1n) is 7.50. The molecule has 2 atom stereocenters. The van der Waals surface area contributed by atoms with Gasteiger partial charge in [-0.1, -0.05) is 20.3 Å².